The van der Waals surface area contributed by atoms with Crippen molar-refractivity contribution >= 4 is 29.3 Å². The van der Waals surface area contributed by atoms with Crippen LogP contribution in [0.25, 0.3) is 0 Å². The fourth-order valence-corrected chi connectivity index (χ4v) is 3.07. The van der Waals surface area contributed by atoms with Crippen LogP contribution in [0.2, 0.25) is 0 Å². The van der Waals surface area contributed by atoms with Crippen molar-refractivity contribution in [3.8, 4) is 0 Å². The number of nitrogens with zero attached hydrogens (tertiary/aromatic N) is 1. The Morgan fingerprint density at radius 3 is 2.27 bits per heavy atom. The summed E-state index contributed by atoms with van der Waals surface area (Å²) in [7, 11) is 0. The normalized spacial score (nSPS) is 13.6. The highest BCUT2D eigenvalue weighted by molar-refractivity contribution is 6.01. The lowest BCUT2D eigenvalue weighted by molar-refractivity contribution is -0.139. The Kier molecular flexibility index (Phi) is 6.61. The van der Waals surface area contributed by atoms with E-state index < -0.39 is 0 Å². The summed E-state index contributed by atoms with van der Waals surface area (Å²) in [6, 6.07) is 14.2. The third kappa shape index (κ3) is 5.31. The van der Waals surface area contributed by atoms with Gasteiger partial charge in [-0.2, -0.15) is 0 Å². The molecule has 7 heteroatoms. The van der Waals surface area contributed by atoms with Gasteiger partial charge >= 0.3 is 0 Å². The summed E-state index contributed by atoms with van der Waals surface area (Å²) in [5.41, 5.74) is 2.84. The van der Waals surface area contributed by atoms with Crippen LogP contribution in [0.15, 0.2) is 48.5 Å². The highest BCUT2D eigenvalue weighted by Crippen LogP contribution is 2.16. The molecule has 0 radical (unpaired) electrons. The van der Waals surface area contributed by atoms with Crippen LogP contribution in [-0.2, 0) is 27.5 Å². The lowest BCUT2D eigenvalue weighted by Gasteiger charge is -2.14. The van der Waals surface area contributed by atoms with Gasteiger partial charge in [0.25, 0.3) is 5.91 Å². The molecule has 0 saturated carbocycles. The zero-order valence-electron chi connectivity index (χ0n) is 17.1. The Labute approximate surface area is 175 Å². The molecule has 4 amide bonds. The summed E-state index contributed by atoms with van der Waals surface area (Å²) in [6.45, 7) is 4.20. The first kappa shape index (κ1) is 21.2. The molecule has 0 aliphatic carbocycles. The van der Waals surface area contributed by atoms with Gasteiger partial charge in [-0.25, -0.2) is 0 Å². The van der Waals surface area contributed by atoms with E-state index in [1.807, 2.05) is 32.0 Å². The highest BCUT2D eigenvalue weighted by atomic mass is 16.2. The maximum absolute atomic E-state index is 12.4. The smallest absolute Gasteiger partial charge is 0.251 e. The third-order valence-electron chi connectivity index (χ3n) is 4.88. The van der Waals surface area contributed by atoms with E-state index in [2.05, 4.69) is 10.6 Å². The quantitative estimate of drug-likeness (QED) is 0.690. The lowest BCUT2D eigenvalue weighted by Crippen LogP contribution is -2.28. The molecule has 0 unspecified atom stereocenters. The number of carbonyl (C=O) groups is 4. The van der Waals surface area contributed by atoms with Gasteiger partial charge in [-0.15, -0.1) is 0 Å². The lowest BCUT2D eigenvalue weighted by atomic mass is 10.1. The third-order valence-corrected chi connectivity index (χ3v) is 4.88. The zero-order valence-corrected chi connectivity index (χ0v) is 17.1. The van der Waals surface area contributed by atoms with Gasteiger partial charge in [0.05, 0.1) is 6.54 Å². The van der Waals surface area contributed by atoms with Crippen LogP contribution in [0.1, 0.15) is 48.2 Å². The molecule has 3 rings (SSSR count). The number of hydrogen-bond acceptors (Lipinski definition) is 4. The molecule has 2 N–H and O–H groups in total. The van der Waals surface area contributed by atoms with Gasteiger partial charge < -0.3 is 10.6 Å². The van der Waals surface area contributed by atoms with Crippen molar-refractivity contribution in [3.05, 3.63) is 65.2 Å². The Hall–Kier alpha value is -3.48. The summed E-state index contributed by atoms with van der Waals surface area (Å²) >= 11 is 0. The maximum Gasteiger partial charge on any atom is 0.251 e. The number of rotatable bonds is 7. The van der Waals surface area contributed by atoms with Crippen LogP contribution in [0.3, 0.4) is 0 Å². The van der Waals surface area contributed by atoms with Crippen LogP contribution in [0.4, 0.5) is 5.69 Å². The summed E-state index contributed by atoms with van der Waals surface area (Å²) in [6.07, 6.45) is 0.531. The number of amides is 4. The Morgan fingerprint density at radius 1 is 0.967 bits per heavy atom. The first-order chi connectivity index (χ1) is 14.3. The molecular formula is C23H25N3O4. The van der Waals surface area contributed by atoms with E-state index in [0.29, 0.717) is 17.8 Å². The van der Waals surface area contributed by atoms with Crippen LogP contribution >= 0.6 is 0 Å². The van der Waals surface area contributed by atoms with E-state index in [1.165, 1.54) is 4.90 Å². The van der Waals surface area contributed by atoms with E-state index in [9.17, 15) is 19.2 Å². The molecule has 1 heterocycles. The van der Waals surface area contributed by atoms with Gasteiger partial charge in [0.15, 0.2) is 0 Å². The van der Waals surface area contributed by atoms with E-state index >= 15 is 0 Å². The van der Waals surface area contributed by atoms with Crippen molar-refractivity contribution in [1.29, 1.82) is 0 Å². The van der Waals surface area contributed by atoms with Crippen molar-refractivity contribution in [1.82, 2.24) is 10.2 Å². The molecule has 0 spiro atoms. The first-order valence-corrected chi connectivity index (χ1v) is 9.93. The van der Waals surface area contributed by atoms with E-state index in [4.69, 9.17) is 0 Å². The topological polar surface area (TPSA) is 95.6 Å². The number of benzene rings is 2. The Balaban J connectivity index is 1.55. The molecule has 2 aromatic carbocycles. The molecule has 30 heavy (non-hydrogen) atoms. The van der Waals surface area contributed by atoms with Gasteiger partial charge in [-0.05, 0) is 35.4 Å². The minimum atomic E-state index is -0.230. The number of imide groups is 1. The molecule has 156 valence electrons. The van der Waals surface area contributed by atoms with Gasteiger partial charge in [-0.1, -0.05) is 38.1 Å². The fourth-order valence-electron chi connectivity index (χ4n) is 3.07. The molecule has 1 aliphatic rings. The molecule has 2 aromatic rings. The fraction of sp³-hybridized carbons (Fsp3) is 0.304. The molecule has 0 atom stereocenters. The van der Waals surface area contributed by atoms with Gasteiger partial charge in [-0.3, -0.25) is 24.1 Å². The largest absolute Gasteiger partial charge is 0.348 e. The predicted molar refractivity (Wildman–Crippen MR) is 112 cm³/mol. The molecule has 1 saturated heterocycles. The average Bonchev–Trinajstić information content (AvgIpc) is 3.05. The Morgan fingerprint density at radius 2 is 1.63 bits per heavy atom. The standard InChI is InChI=1S/C23H25N3O4/c1-15(2)22(29)25-19-5-3-4-17(12-19)13-24-23(30)18-8-6-16(7-9-18)14-26-20(27)10-11-21(26)28/h3-9,12,15H,10-11,13-14H2,1-2H3,(H,24,30)(H,25,29). The number of carbonyl (C=O) groups excluding carboxylic acids is 4. The molecule has 7 nitrogen and oxygen atoms in total. The minimum Gasteiger partial charge on any atom is -0.348 e. The summed E-state index contributed by atoms with van der Waals surface area (Å²) in [4.78, 5) is 48.9. The molecule has 0 bridgehead atoms. The van der Waals surface area contributed by atoms with Crippen LogP contribution in [0.5, 0.6) is 0 Å². The predicted octanol–water partition coefficient (Wildman–Crippen LogP) is 2.86. The highest BCUT2D eigenvalue weighted by Gasteiger charge is 2.28. The van der Waals surface area contributed by atoms with Crippen LogP contribution < -0.4 is 10.6 Å². The number of likely N-dealkylation sites (tertiary alicyclic amines) is 1. The summed E-state index contributed by atoms with van der Waals surface area (Å²) in [5, 5.41) is 5.69. The van der Waals surface area contributed by atoms with Crippen molar-refractivity contribution in [2.24, 2.45) is 5.92 Å². The second kappa shape index (κ2) is 9.35. The van der Waals surface area contributed by atoms with E-state index in [-0.39, 0.29) is 48.9 Å². The zero-order chi connectivity index (χ0) is 21.7. The van der Waals surface area contributed by atoms with Crippen molar-refractivity contribution in [2.45, 2.75) is 39.8 Å². The second-order valence-corrected chi connectivity index (χ2v) is 7.60. The SMILES string of the molecule is CC(C)C(=O)Nc1cccc(CNC(=O)c2ccc(CN3C(=O)CCC3=O)cc2)c1. The van der Waals surface area contributed by atoms with Crippen molar-refractivity contribution in [2.75, 3.05) is 5.32 Å². The van der Waals surface area contributed by atoms with Crippen LogP contribution in [0, 0.1) is 5.92 Å². The van der Waals surface area contributed by atoms with Crippen molar-refractivity contribution < 1.29 is 19.2 Å². The van der Waals surface area contributed by atoms with Gasteiger partial charge in [0, 0.05) is 36.6 Å². The van der Waals surface area contributed by atoms with Crippen molar-refractivity contribution in [3.63, 3.8) is 0 Å². The molecule has 1 fully saturated rings. The second-order valence-electron chi connectivity index (χ2n) is 7.60. The van der Waals surface area contributed by atoms with E-state index in [1.54, 1.807) is 30.3 Å². The monoisotopic (exact) mass is 407 g/mol. The summed E-state index contributed by atoms with van der Waals surface area (Å²) < 4.78 is 0. The van der Waals surface area contributed by atoms with Crippen LogP contribution in [-0.4, -0.2) is 28.5 Å². The number of anilines is 1. The van der Waals surface area contributed by atoms with E-state index in [0.717, 1.165) is 11.1 Å². The minimum absolute atomic E-state index is 0.0615. The number of nitrogens with one attached hydrogen (secondary N) is 2. The number of hydrogen-bond donors (Lipinski definition) is 2. The molecule has 0 aromatic heterocycles. The van der Waals surface area contributed by atoms with Gasteiger partial charge in [0.2, 0.25) is 17.7 Å². The maximum atomic E-state index is 12.4. The Bertz CT molecular complexity index is 951. The summed E-state index contributed by atoms with van der Waals surface area (Å²) in [5.74, 6) is -0.722. The first-order valence-electron chi connectivity index (χ1n) is 9.93. The molecular weight excluding hydrogens is 382 g/mol. The van der Waals surface area contributed by atoms with Gasteiger partial charge in [0.1, 0.15) is 0 Å². The molecule has 1 aliphatic heterocycles. The average molecular weight is 407 g/mol.